The second kappa shape index (κ2) is 3.42. The molecular formula is C9H6BrNO3. The van der Waals surface area contributed by atoms with Crippen LogP contribution in [-0.2, 0) is 4.79 Å². The minimum Gasteiger partial charge on any atom is -0.461 e. The smallest absolute Gasteiger partial charge is 0.308 e. The second-order valence-corrected chi connectivity index (χ2v) is 3.54. The van der Waals surface area contributed by atoms with Crippen LogP contribution in [0, 0.1) is 0 Å². The van der Waals surface area contributed by atoms with E-state index in [0.717, 1.165) is 9.86 Å². The summed E-state index contributed by atoms with van der Waals surface area (Å²) in [5.41, 5.74) is 0.579. The summed E-state index contributed by atoms with van der Waals surface area (Å²) in [6.07, 6.45) is 4.57. The number of esters is 1. The van der Waals surface area contributed by atoms with Crippen LogP contribution in [0.2, 0.25) is 0 Å². The number of carbonyl (C=O) groups is 1. The minimum atomic E-state index is -0.382. The first kappa shape index (κ1) is 9.21. The van der Waals surface area contributed by atoms with Gasteiger partial charge in [0, 0.05) is 6.92 Å². The van der Waals surface area contributed by atoms with Crippen molar-refractivity contribution in [3.05, 3.63) is 23.1 Å². The highest BCUT2D eigenvalue weighted by atomic mass is 79.9. The first-order valence-electron chi connectivity index (χ1n) is 3.87. The third-order valence-corrected chi connectivity index (χ3v) is 2.24. The lowest BCUT2D eigenvalue weighted by Crippen LogP contribution is -2.01. The number of fused-ring (bicyclic) bond motifs is 1. The van der Waals surface area contributed by atoms with Gasteiger partial charge in [-0.25, -0.2) is 0 Å². The number of ether oxygens (including phenoxy) is 1. The number of hydrogen-bond donors (Lipinski definition) is 0. The monoisotopic (exact) mass is 255 g/mol. The van der Waals surface area contributed by atoms with Gasteiger partial charge < -0.3 is 9.15 Å². The molecule has 14 heavy (non-hydrogen) atoms. The zero-order valence-electron chi connectivity index (χ0n) is 7.28. The molecule has 0 amide bonds. The molecule has 2 aromatic heterocycles. The standard InChI is InChI=1S/C9H6BrNO3/c1-5(12)14-8-3-11-2-7-9(8)6(10)4-13-7/h2-4H,1H3. The van der Waals surface area contributed by atoms with E-state index in [2.05, 4.69) is 20.9 Å². The largest absolute Gasteiger partial charge is 0.461 e. The Morgan fingerprint density at radius 2 is 2.36 bits per heavy atom. The van der Waals surface area contributed by atoms with E-state index in [1.54, 1.807) is 6.20 Å². The summed E-state index contributed by atoms with van der Waals surface area (Å²) in [5, 5.41) is 0.718. The molecule has 0 spiro atoms. The summed E-state index contributed by atoms with van der Waals surface area (Å²) in [5.74, 6) is 0.0167. The summed E-state index contributed by atoms with van der Waals surface area (Å²) in [6, 6.07) is 0. The van der Waals surface area contributed by atoms with Gasteiger partial charge in [-0.05, 0) is 15.9 Å². The van der Waals surface area contributed by atoms with Crippen molar-refractivity contribution in [2.24, 2.45) is 0 Å². The van der Waals surface area contributed by atoms with Gasteiger partial charge in [-0.1, -0.05) is 0 Å². The van der Waals surface area contributed by atoms with Crippen molar-refractivity contribution >= 4 is 32.9 Å². The van der Waals surface area contributed by atoms with Gasteiger partial charge in [0.15, 0.2) is 11.3 Å². The van der Waals surface area contributed by atoms with Crippen LogP contribution in [-0.4, -0.2) is 11.0 Å². The predicted octanol–water partition coefficient (Wildman–Crippen LogP) is 2.52. The topological polar surface area (TPSA) is 52.3 Å². The molecule has 5 heteroatoms. The van der Waals surface area contributed by atoms with Crippen molar-refractivity contribution in [1.82, 2.24) is 4.98 Å². The molecule has 0 aromatic carbocycles. The molecule has 0 unspecified atom stereocenters. The zero-order chi connectivity index (χ0) is 10.1. The Morgan fingerprint density at radius 3 is 3.07 bits per heavy atom. The maximum atomic E-state index is 10.8. The first-order valence-corrected chi connectivity index (χ1v) is 4.67. The van der Waals surface area contributed by atoms with Crippen molar-refractivity contribution in [1.29, 1.82) is 0 Å². The van der Waals surface area contributed by atoms with Crippen LogP contribution in [0.15, 0.2) is 27.5 Å². The van der Waals surface area contributed by atoms with Gasteiger partial charge in [-0.2, -0.15) is 0 Å². The van der Waals surface area contributed by atoms with Gasteiger partial charge in [0.2, 0.25) is 0 Å². The van der Waals surface area contributed by atoms with Crippen LogP contribution >= 0.6 is 15.9 Å². The molecule has 0 N–H and O–H groups in total. The molecule has 0 saturated heterocycles. The van der Waals surface area contributed by atoms with Gasteiger partial charge in [0.05, 0.1) is 22.3 Å². The summed E-state index contributed by atoms with van der Waals surface area (Å²) < 4.78 is 10.9. The zero-order valence-corrected chi connectivity index (χ0v) is 8.87. The molecule has 2 aromatic rings. The average Bonchev–Trinajstić information content (AvgIpc) is 2.48. The fourth-order valence-corrected chi connectivity index (χ4v) is 1.64. The molecule has 0 aliphatic heterocycles. The Morgan fingerprint density at radius 1 is 1.57 bits per heavy atom. The van der Waals surface area contributed by atoms with E-state index in [0.29, 0.717) is 11.3 Å². The van der Waals surface area contributed by atoms with Crippen LogP contribution in [0.1, 0.15) is 6.92 Å². The van der Waals surface area contributed by atoms with E-state index in [1.165, 1.54) is 19.4 Å². The molecule has 2 heterocycles. The molecule has 0 aliphatic rings. The summed E-state index contributed by atoms with van der Waals surface area (Å²) in [6.45, 7) is 1.34. The molecule has 0 atom stereocenters. The van der Waals surface area contributed by atoms with Crippen molar-refractivity contribution in [3.63, 3.8) is 0 Å². The molecular weight excluding hydrogens is 250 g/mol. The van der Waals surface area contributed by atoms with Crippen molar-refractivity contribution in [3.8, 4) is 5.75 Å². The predicted molar refractivity (Wildman–Crippen MR) is 53.0 cm³/mol. The quantitative estimate of drug-likeness (QED) is 0.735. The molecule has 0 radical (unpaired) electrons. The highest BCUT2D eigenvalue weighted by Gasteiger charge is 2.11. The van der Waals surface area contributed by atoms with Crippen LogP contribution < -0.4 is 4.74 Å². The Labute approximate surface area is 88.0 Å². The fraction of sp³-hybridized carbons (Fsp3) is 0.111. The molecule has 2 rings (SSSR count). The first-order chi connectivity index (χ1) is 6.68. The van der Waals surface area contributed by atoms with Gasteiger partial charge in [-0.3, -0.25) is 9.78 Å². The Balaban J connectivity index is 2.63. The van der Waals surface area contributed by atoms with Crippen LogP contribution in [0.25, 0.3) is 11.0 Å². The van der Waals surface area contributed by atoms with Crippen molar-refractivity contribution in [2.45, 2.75) is 6.92 Å². The van der Waals surface area contributed by atoms with Crippen molar-refractivity contribution in [2.75, 3.05) is 0 Å². The van der Waals surface area contributed by atoms with Crippen molar-refractivity contribution < 1.29 is 13.9 Å². The second-order valence-electron chi connectivity index (χ2n) is 2.69. The number of nitrogens with zero attached hydrogens (tertiary/aromatic N) is 1. The number of carbonyl (C=O) groups excluding carboxylic acids is 1. The van der Waals surface area contributed by atoms with E-state index in [4.69, 9.17) is 9.15 Å². The summed E-state index contributed by atoms with van der Waals surface area (Å²) >= 11 is 3.29. The van der Waals surface area contributed by atoms with Gasteiger partial charge >= 0.3 is 5.97 Å². The lowest BCUT2D eigenvalue weighted by molar-refractivity contribution is -0.131. The van der Waals surface area contributed by atoms with E-state index in [1.807, 2.05) is 0 Å². The molecule has 0 saturated carbocycles. The molecule has 0 bridgehead atoms. The fourth-order valence-electron chi connectivity index (χ4n) is 1.15. The molecule has 0 fully saturated rings. The van der Waals surface area contributed by atoms with Gasteiger partial charge in [0.1, 0.15) is 6.26 Å². The minimum absolute atomic E-state index is 0.382. The number of rotatable bonds is 1. The lowest BCUT2D eigenvalue weighted by Gasteiger charge is -2.00. The number of aromatic nitrogens is 1. The Bertz CT molecular complexity index is 492. The third kappa shape index (κ3) is 1.50. The summed E-state index contributed by atoms with van der Waals surface area (Å²) in [7, 11) is 0. The summed E-state index contributed by atoms with van der Waals surface area (Å²) in [4.78, 5) is 14.7. The van der Waals surface area contributed by atoms with Gasteiger partial charge in [-0.15, -0.1) is 0 Å². The van der Waals surface area contributed by atoms with Crippen LogP contribution in [0.3, 0.4) is 0 Å². The SMILES string of the molecule is CC(=O)Oc1cncc2occ(Br)c12. The highest BCUT2D eigenvalue weighted by molar-refractivity contribution is 9.10. The highest BCUT2D eigenvalue weighted by Crippen LogP contribution is 2.32. The average molecular weight is 256 g/mol. The van der Waals surface area contributed by atoms with E-state index in [9.17, 15) is 4.79 Å². The number of furan rings is 1. The van der Waals surface area contributed by atoms with E-state index in [-0.39, 0.29) is 5.97 Å². The van der Waals surface area contributed by atoms with Crippen LogP contribution in [0.5, 0.6) is 5.75 Å². The number of hydrogen-bond acceptors (Lipinski definition) is 4. The molecule has 0 aliphatic carbocycles. The third-order valence-electron chi connectivity index (χ3n) is 1.66. The molecule has 72 valence electrons. The maximum Gasteiger partial charge on any atom is 0.308 e. The normalized spacial score (nSPS) is 10.4. The maximum absolute atomic E-state index is 10.8. The lowest BCUT2D eigenvalue weighted by atomic mass is 10.3. The van der Waals surface area contributed by atoms with E-state index >= 15 is 0 Å². The number of pyridine rings is 1. The van der Waals surface area contributed by atoms with Crippen LogP contribution in [0.4, 0.5) is 0 Å². The van der Waals surface area contributed by atoms with E-state index < -0.39 is 0 Å². The molecule has 4 nitrogen and oxygen atoms in total. The number of halogens is 1. The van der Waals surface area contributed by atoms with Gasteiger partial charge in [0.25, 0.3) is 0 Å². The Hall–Kier alpha value is -1.36. The Kier molecular flexibility index (Phi) is 2.25.